The molecule has 1 aromatic heterocycles. The number of likely N-dealkylation sites (tertiary alicyclic amines) is 1. The number of thioether (sulfide) groups is 1. The SMILES string of the molecule is Cn1c(SCC(=O)Nc2ccc3ccccc3c2)nnc1C1CCCN1C(=O)c1ccc(Cl)cc1. The van der Waals surface area contributed by atoms with Gasteiger partial charge in [-0.1, -0.05) is 53.7 Å². The minimum atomic E-state index is -0.156. The van der Waals surface area contributed by atoms with Gasteiger partial charge >= 0.3 is 0 Å². The average molecular weight is 506 g/mol. The molecule has 0 spiro atoms. The number of amides is 2. The maximum absolute atomic E-state index is 13.1. The van der Waals surface area contributed by atoms with Crippen molar-refractivity contribution in [1.82, 2.24) is 19.7 Å². The van der Waals surface area contributed by atoms with Crippen molar-refractivity contribution in [2.24, 2.45) is 7.05 Å². The third kappa shape index (κ3) is 5.04. The van der Waals surface area contributed by atoms with E-state index in [9.17, 15) is 9.59 Å². The van der Waals surface area contributed by atoms with Crippen LogP contribution < -0.4 is 5.32 Å². The molecule has 1 N–H and O–H groups in total. The van der Waals surface area contributed by atoms with E-state index < -0.39 is 0 Å². The molecule has 0 aliphatic carbocycles. The summed E-state index contributed by atoms with van der Waals surface area (Å²) in [5.74, 6) is 0.769. The van der Waals surface area contributed by atoms with E-state index in [4.69, 9.17) is 11.6 Å². The number of fused-ring (bicyclic) bond motifs is 1. The lowest BCUT2D eigenvalue weighted by atomic mass is 10.1. The van der Waals surface area contributed by atoms with E-state index in [1.165, 1.54) is 11.8 Å². The molecular weight excluding hydrogens is 482 g/mol. The summed E-state index contributed by atoms with van der Waals surface area (Å²) < 4.78 is 1.88. The molecule has 0 bridgehead atoms. The molecule has 2 amide bonds. The highest BCUT2D eigenvalue weighted by molar-refractivity contribution is 7.99. The van der Waals surface area contributed by atoms with Crippen molar-refractivity contribution in [1.29, 1.82) is 0 Å². The Morgan fingerprint density at radius 1 is 1.06 bits per heavy atom. The van der Waals surface area contributed by atoms with Gasteiger partial charge < -0.3 is 14.8 Å². The van der Waals surface area contributed by atoms with Crippen molar-refractivity contribution >= 4 is 51.6 Å². The Morgan fingerprint density at radius 2 is 1.83 bits per heavy atom. The highest BCUT2D eigenvalue weighted by atomic mass is 35.5. The van der Waals surface area contributed by atoms with Gasteiger partial charge in [-0.2, -0.15) is 0 Å². The van der Waals surface area contributed by atoms with E-state index in [1.807, 2.05) is 59.0 Å². The molecule has 0 saturated carbocycles. The molecule has 178 valence electrons. The monoisotopic (exact) mass is 505 g/mol. The Kier molecular flexibility index (Phi) is 6.74. The highest BCUT2D eigenvalue weighted by Crippen LogP contribution is 2.33. The number of rotatable bonds is 6. The fourth-order valence-corrected chi connectivity index (χ4v) is 5.22. The van der Waals surface area contributed by atoms with Gasteiger partial charge in [0.15, 0.2) is 11.0 Å². The van der Waals surface area contributed by atoms with Crippen molar-refractivity contribution in [3.05, 3.63) is 83.1 Å². The number of nitrogens with one attached hydrogen (secondary N) is 1. The summed E-state index contributed by atoms with van der Waals surface area (Å²) in [5, 5.41) is 15.1. The number of halogens is 1. The van der Waals surface area contributed by atoms with Gasteiger partial charge in [0.1, 0.15) is 0 Å². The zero-order valence-corrected chi connectivity index (χ0v) is 20.7. The first-order valence-corrected chi connectivity index (χ1v) is 12.7. The molecule has 7 nitrogen and oxygen atoms in total. The van der Waals surface area contributed by atoms with E-state index in [1.54, 1.807) is 24.3 Å². The second-order valence-corrected chi connectivity index (χ2v) is 9.84. The number of nitrogens with zero attached hydrogens (tertiary/aromatic N) is 4. The Bertz CT molecular complexity index is 1390. The Morgan fingerprint density at radius 3 is 2.63 bits per heavy atom. The molecule has 2 heterocycles. The Balaban J connectivity index is 1.23. The molecule has 35 heavy (non-hydrogen) atoms. The summed E-state index contributed by atoms with van der Waals surface area (Å²) in [6.45, 7) is 0.662. The van der Waals surface area contributed by atoms with E-state index in [0.717, 1.165) is 35.1 Å². The van der Waals surface area contributed by atoms with Gasteiger partial charge in [0, 0.05) is 29.9 Å². The third-order valence-corrected chi connectivity index (χ3v) is 7.41. The van der Waals surface area contributed by atoms with E-state index in [-0.39, 0.29) is 23.6 Å². The second kappa shape index (κ2) is 10.1. The molecule has 5 rings (SSSR count). The van der Waals surface area contributed by atoms with Crippen LogP contribution >= 0.6 is 23.4 Å². The number of anilines is 1. The lowest BCUT2D eigenvalue weighted by molar-refractivity contribution is -0.113. The normalized spacial score (nSPS) is 15.5. The zero-order chi connectivity index (χ0) is 24.4. The summed E-state index contributed by atoms with van der Waals surface area (Å²) in [6.07, 6.45) is 1.71. The maximum atomic E-state index is 13.1. The number of carbonyl (C=O) groups excluding carboxylic acids is 2. The van der Waals surface area contributed by atoms with Crippen molar-refractivity contribution in [3.63, 3.8) is 0 Å². The number of carbonyl (C=O) groups is 2. The third-order valence-electron chi connectivity index (χ3n) is 6.14. The molecule has 1 saturated heterocycles. The lowest BCUT2D eigenvalue weighted by Crippen LogP contribution is -2.31. The van der Waals surface area contributed by atoms with Crippen LogP contribution in [-0.4, -0.2) is 43.8 Å². The molecule has 1 unspecified atom stereocenters. The predicted molar refractivity (Wildman–Crippen MR) is 139 cm³/mol. The van der Waals surface area contributed by atoms with Gasteiger partial charge in [-0.25, -0.2) is 0 Å². The number of hydrogen-bond acceptors (Lipinski definition) is 5. The molecule has 1 atom stereocenters. The molecule has 1 aliphatic rings. The quantitative estimate of drug-likeness (QED) is 0.358. The van der Waals surface area contributed by atoms with Crippen LogP contribution in [0.3, 0.4) is 0 Å². The molecule has 3 aromatic carbocycles. The van der Waals surface area contributed by atoms with E-state index >= 15 is 0 Å². The standard InChI is InChI=1S/C26H24ClN5O2S/c1-31-24(22-7-4-14-32(22)25(34)18-8-11-20(27)12-9-18)29-30-26(31)35-16-23(33)28-21-13-10-17-5-2-3-6-19(17)15-21/h2-3,5-6,8-13,15,22H,4,7,14,16H2,1H3,(H,28,33). The van der Waals surface area contributed by atoms with Crippen LogP contribution in [0.5, 0.6) is 0 Å². The summed E-state index contributed by atoms with van der Waals surface area (Å²) in [7, 11) is 1.88. The van der Waals surface area contributed by atoms with E-state index in [2.05, 4.69) is 15.5 Å². The van der Waals surface area contributed by atoms with Crippen molar-refractivity contribution in [2.45, 2.75) is 24.0 Å². The van der Waals surface area contributed by atoms with Gasteiger partial charge in [-0.05, 0) is 60.0 Å². The minimum absolute atomic E-state index is 0.0452. The van der Waals surface area contributed by atoms with Gasteiger partial charge in [0.05, 0.1) is 11.8 Å². The van der Waals surface area contributed by atoms with Crippen LogP contribution in [0.1, 0.15) is 35.1 Å². The van der Waals surface area contributed by atoms with Crippen LogP contribution in [0.25, 0.3) is 10.8 Å². The van der Waals surface area contributed by atoms with Crippen LogP contribution in [0.2, 0.25) is 5.02 Å². The molecule has 9 heteroatoms. The van der Waals surface area contributed by atoms with Crippen LogP contribution in [0.4, 0.5) is 5.69 Å². The smallest absolute Gasteiger partial charge is 0.254 e. The first-order chi connectivity index (χ1) is 17.0. The fraction of sp³-hybridized carbons (Fsp3) is 0.231. The molecule has 4 aromatic rings. The number of hydrogen-bond donors (Lipinski definition) is 1. The van der Waals surface area contributed by atoms with Crippen molar-refractivity contribution < 1.29 is 9.59 Å². The lowest BCUT2D eigenvalue weighted by Gasteiger charge is -2.24. The predicted octanol–water partition coefficient (Wildman–Crippen LogP) is 5.33. The van der Waals surface area contributed by atoms with Crippen LogP contribution in [-0.2, 0) is 11.8 Å². The minimum Gasteiger partial charge on any atom is -0.328 e. The van der Waals surface area contributed by atoms with Crippen LogP contribution in [0, 0.1) is 0 Å². The summed E-state index contributed by atoms with van der Waals surface area (Å²) >= 11 is 7.29. The summed E-state index contributed by atoms with van der Waals surface area (Å²) in [4.78, 5) is 27.5. The molecule has 0 radical (unpaired) electrons. The Hall–Kier alpha value is -3.36. The van der Waals surface area contributed by atoms with Crippen molar-refractivity contribution in [3.8, 4) is 0 Å². The van der Waals surface area contributed by atoms with Gasteiger partial charge in [0.25, 0.3) is 5.91 Å². The molecule has 1 aliphatic heterocycles. The fourth-order valence-electron chi connectivity index (χ4n) is 4.37. The largest absolute Gasteiger partial charge is 0.328 e. The molecular formula is C26H24ClN5O2S. The van der Waals surface area contributed by atoms with Crippen LogP contribution in [0.15, 0.2) is 71.9 Å². The maximum Gasteiger partial charge on any atom is 0.254 e. The van der Waals surface area contributed by atoms with Crippen molar-refractivity contribution in [2.75, 3.05) is 17.6 Å². The van der Waals surface area contributed by atoms with Gasteiger partial charge in [-0.15, -0.1) is 10.2 Å². The highest BCUT2D eigenvalue weighted by Gasteiger charge is 2.34. The summed E-state index contributed by atoms with van der Waals surface area (Å²) in [6, 6.07) is 20.7. The van der Waals surface area contributed by atoms with Gasteiger partial charge in [-0.3, -0.25) is 9.59 Å². The Labute approximate surface area is 212 Å². The number of aromatic nitrogens is 3. The summed E-state index contributed by atoms with van der Waals surface area (Å²) in [5.41, 5.74) is 1.36. The number of benzene rings is 3. The first-order valence-electron chi connectivity index (χ1n) is 11.4. The topological polar surface area (TPSA) is 80.1 Å². The first kappa shape index (κ1) is 23.4. The zero-order valence-electron chi connectivity index (χ0n) is 19.1. The average Bonchev–Trinajstić information content (AvgIpc) is 3.49. The second-order valence-electron chi connectivity index (χ2n) is 8.46. The van der Waals surface area contributed by atoms with Gasteiger partial charge in [0.2, 0.25) is 5.91 Å². The van der Waals surface area contributed by atoms with E-state index in [0.29, 0.717) is 22.3 Å². The molecule has 1 fully saturated rings.